The Morgan fingerprint density at radius 1 is 1.03 bits per heavy atom. The normalized spacial score (nSPS) is 13.4. The second-order valence-electron chi connectivity index (χ2n) is 7.85. The van der Waals surface area contributed by atoms with Crippen molar-refractivity contribution in [2.24, 2.45) is 5.92 Å². The average Bonchev–Trinajstić information content (AvgIpc) is 3.23. The number of nitro benzene ring substituents is 1. The molecule has 0 aliphatic carbocycles. The summed E-state index contributed by atoms with van der Waals surface area (Å²) in [7, 11) is 0. The quantitative estimate of drug-likeness (QED) is 0.363. The maximum Gasteiger partial charge on any atom is 0.269 e. The second-order valence-corrected chi connectivity index (χ2v) is 7.85. The lowest BCUT2D eigenvalue weighted by molar-refractivity contribution is -0.384. The van der Waals surface area contributed by atoms with Crippen molar-refractivity contribution in [3.8, 4) is 11.5 Å². The predicted molar refractivity (Wildman–Crippen MR) is 116 cm³/mol. The van der Waals surface area contributed by atoms with Crippen LogP contribution in [0.4, 0.5) is 5.69 Å². The van der Waals surface area contributed by atoms with E-state index in [0.29, 0.717) is 23.3 Å². The van der Waals surface area contributed by atoms with Crippen molar-refractivity contribution >= 4 is 5.69 Å². The Kier molecular flexibility index (Phi) is 6.95. The molecule has 3 rings (SSSR count). The van der Waals surface area contributed by atoms with E-state index in [2.05, 4.69) is 60.6 Å². The third-order valence-electron chi connectivity index (χ3n) is 5.11. The number of non-ortho nitro benzene ring substituents is 1. The summed E-state index contributed by atoms with van der Waals surface area (Å²) >= 11 is 0. The molecule has 1 heterocycles. The number of benzene rings is 2. The monoisotopic (exact) mass is 408 g/mol. The van der Waals surface area contributed by atoms with Crippen molar-refractivity contribution < 1.29 is 9.34 Å². The van der Waals surface area contributed by atoms with Crippen LogP contribution < -0.4 is 5.32 Å². The minimum absolute atomic E-state index is 0.0262. The molecular weight excluding hydrogens is 380 g/mol. The van der Waals surface area contributed by atoms with Gasteiger partial charge in [-0.3, -0.25) is 15.4 Å². The highest BCUT2D eigenvalue weighted by Gasteiger charge is 2.22. The van der Waals surface area contributed by atoms with E-state index in [1.165, 1.54) is 23.3 Å². The maximum absolute atomic E-state index is 10.8. The molecule has 0 saturated carbocycles. The fourth-order valence-corrected chi connectivity index (χ4v) is 3.45. The molecule has 1 N–H and O–H groups in total. The average molecular weight is 409 g/mol. The van der Waals surface area contributed by atoms with Crippen LogP contribution in [0.5, 0.6) is 0 Å². The minimum Gasteiger partial charge on any atom is -0.419 e. The molecule has 0 bridgehead atoms. The van der Waals surface area contributed by atoms with Crippen molar-refractivity contribution in [3.05, 3.63) is 75.7 Å². The van der Waals surface area contributed by atoms with Crippen LogP contribution >= 0.6 is 0 Å². The first kappa shape index (κ1) is 21.6. The Morgan fingerprint density at radius 2 is 1.70 bits per heavy atom. The molecule has 0 aliphatic rings. The van der Waals surface area contributed by atoms with Crippen LogP contribution in [0.3, 0.4) is 0 Å². The number of aryl methyl sites for hydroxylation is 1. The van der Waals surface area contributed by atoms with E-state index >= 15 is 0 Å². The fourth-order valence-electron chi connectivity index (χ4n) is 3.45. The van der Waals surface area contributed by atoms with Gasteiger partial charge in [-0.1, -0.05) is 51.5 Å². The van der Waals surface area contributed by atoms with E-state index in [1.54, 1.807) is 12.1 Å². The van der Waals surface area contributed by atoms with Crippen LogP contribution in [0.2, 0.25) is 0 Å². The van der Waals surface area contributed by atoms with Gasteiger partial charge in [0.05, 0.1) is 11.0 Å². The molecule has 0 radical (unpaired) electrons. The largest absolute Gasteiger partial charge is 0.419 e. The van der Waals surface area contributed by atoms with Gasteiger partial charge in [0, 0.05) is 23.7 Å². The van der Waals surface area contributed by atoms with Crippen molar-refractivity contribution in [3.63, 3.8) is 0 Å². The third-order valence-corrected chi connectivity index (χ3v) is 5.11. The standard InChI is InChI=1S/C23H28N4O3/c1-5-6-17-7-9-18(10-8-17)21(15(2)3)24-16(4)22-25-26-23(30-22)19-11-13-20(14-12-19)27(28)29/h7-16,21,24H,5-6H2,1-4H3/t16-,21-/m0/s1. The van der Waals surface area contributed by atoms with Gasteiger partial charge in [-0.2, -0.15) is 0 Å². The Morgan fingerprint density at radius 3 is 2.27 bits per heavy atom. The Bertz CT molecular complexity index is 965. The lowest BCUT2D eigenvalue weighted by Gasteiger charge is -2.25. The number of nitrogens with zero attached hydrogens (tertiary/aromatic N) is 3. The minimum atomic E-state index is -0.435. The number of aromatic nitrogens is 2. The molecule has 7 heteroatoms. The molecule has 0 aliphatic heterocycles. The van der Waals surface area contributed by atoms with Crippen LogP contribution in [0.15, 0.2) is 52.9 Å². The number of hydrogen-bond donors (Lipinski definition) is 1. The molecule has 7 nitrogen and oxygen atoms in total. The first-order valence-electron chi connectivity index (χ1n) is 10.3. The van der Waals surface area contributed by atoms with Crippen LogP contribution in [-0.4, -0.2) is 15.1 Å². The summed E-state index contributed by atoms with van der Waals surface area (Å²) in [6, 6.07) is 14.8. The van der Waals surface area contributed by atoms with E-state index in [9.17, 15) is 10.1 Å². The van der Waals surface area contributed by atoms with Crippen molar-refractivity contribution in [2.75, 3.05) is 0 Å². The Balaban J connectivity index is 1.73. The Hall–Kier alpha value is -3.06. The zero-order chi connectivity index (χ0) is 21.7. The summed E-state index contributed by atoms with van der Waals surface area (Å²) in [5.41, 5.74) is 3.25. The number of nitro groups is 1. The molecule has 0 amide bonds. The first-order chi connectivity index (χ1) is 14.4. The van der Waals surface area contributed by atoms with Crippen molar-refractivity contribution in [1.29, 1.82) is 0 Å². The summed E-state index contributed by atoms with van der Waals surface area (Å²) in [5, 5.41) is 22.7. The topological polar surface area (TPSA) is 94.1 Å². The van der Waals surface area contributed by atoms with Crippen LogP contribution in [0.25, 0.3) is 11.5 Å². The van der Waals surface area contributed by atoms with Gasteiger partial charge < -0.3 is 4.42 Å². The molecule has 30 heavy (non-hydrogen) atoms. The van der Waals surface area contributed by atoms with E-state index < -0.39 is 4.92 Å². The van der Waals surface area contributed by atoms with E-state index in [1.807, 2.05) is 6.92 Å². The zero-order valence-electron chi connectivity index (χ0n) is 17.8. The second kappa shape index (κ2) is 9.63. The van der Waals surface area contributed by atoms with Gasteiger partial charge in [0.25, 0.3) is 5.69 Å². The SMILES string of the molecule is CCCc1ccc([C@@H](N[C@@H](C)c2nnc(-c3ccc([N+](=O)[O-])cc3)o2)C(C)C)cc1. The van der Waals surface area contributed by atoms with E-state index in [-0.39, 0.29) is 17.8 Å². The zero-order valence-corrected chi connectivity index (χ0v) is 17.8. The highest BCUT2D eigenvalue weighted by atomic mass is 16.6. The van der Waals surface area contributed by atoms with Gasteiger partial charge in [0.2, 0.25) is 11.8 Å². The van der Waals surface area contributed by atoms with Gasteiger partial charge in [0.15, 0.2) is 0 Å². The summed E-state index contributed by atoms with van der Waals surface area (Å²) in [6.07, 6.45) is 2.22. The lowest BCUT2D eigenvalue weighted by Crippen LogP contribution is -2.28. The van der Waals surface area contributed by atoms with Crippen molar-refractivity contribution in [1.82, 2.24) is 15.5 Å². The summed E-state index contributed by atoms with van der Waals surface area (Å²) in [6.45, 7) is 8.54. The summed E-state index contributed by atoms with van der Waals surface area (Å²) in [5.74, 6) is 1.21. The molecule has 2 atom stereocenters. The molecule has 2 aromatic carbocycles. The first-order valence-corrected chi connectivity index (χ1v) is 10.3. The molecular formula is C23H28N4O3. The van der Waals surface area contributed by atoms with Gasteiger partial charge in [-0.25, -0.2) is 0 Å². The highest BCUT2D eigenvalue weighted by molar-refractivity contribution is 5.55. The number of hydrogen-bond acceptors (Lipinski definition) is 6. The highest BCUT2D eigenvalue weighted by Crippen LogP contribution is 2.28. The number of nitrogens with one attached hydrogen (secondary N) is 1. The molecule has 0 spiro atoms. The molecule has 1 aromatic heterocycles. The van der Waals surface area contributed by atoms with Crippen LogP contribution in [-0.2, 0) is 6.42 Å². The fraction of sp³-hybridized carbons (Fsp3) is 0.391. The maximum atomic E-state index is 10.8. The molecule has 0 saturated heterocycles. The van der Waals surface area contributed by atoms with Crippen LogP contribution in [0, 0.1) is 16.0 Å². The number of rotatable bonds is 9. The smallest absolute Gasteiger partial charge is 0.269 e. The van der Waals surface area contributed by atoms with E-state index in [0.717, 1.165) is 12.8 Å². The molecule has 0 unspecified atom stereocenters. The predicted octanol–water partition coefficient (Wildman–Crippen LogP) is 5.65. The van der Waals surface area contributed by atoms with Crippen molar-refractivity contribution in [2.45, 2.75) is 52.6 Å². The van der Waals surface area contributed by atoms with Gasteiger partial charge in [0.1, 0.15) is 0 Å². The molecule has 3 aromatic rings. The summed E-state index contributed by atoms with van der Waals surface area (Å²) in [4.78, 5) is 10.4. The lowest BCUT2D eigenvalue weighted by atomic mass is 9.94. The van der Waals surface area contributed by atoms with E-state index in [4.69, 9.17) is 4.42 Å². The van der Waals surface area contributed by atoms with Gasteiger partial charge in [-0.15, -0.1) is 10.2 Å². The third kappa shape index (κ3) is 5.10. The van der Waals surface area contributed by atoms with Gasteiger partial charge >= 0.3 is 0 Å². The Labute approximate surface area is 176 Å². The van der Waals surface area contributed by atoms with Gasteiger partial charge in [-0.05, 0) is 42.5 Å². The molecule has 0 fully saturated rings. The summed E-state index contributed by atoms with van der Waals surface area (Å²) < 4.78 is 5.84. The molecule has 158 valence electrons. The van der Waals surface area contributed by atoms with Crippen LogP contribution in [0.1, 0.15) is 63.2 Å².